The molecule has 0 heterocycles. The van der Waals surface area contributed by atoms with Gasteiger partial charge in [-0.25, -0.2) is 4.79 Å². The summed E-state index contributed by atoms with van der Waals surface area (Å²) >= 11 is 10.8. The van der Waals surface area contributed by atoms with Gasteiger partial charge in [-0.2, -0.15) is 0 Å². The van der Waals surface area contributed by atoms with E-state index in [1.54, 1.807) is 6.07 Å². The number of benzene rings is 2. The van der Waals surface area contributed by atoms with Gasteiger partial charge in [0.15, 0.2) is 5.11 Å². The van der Waals surface area contributed by atoms with E-state index < -0.39 is 16.8 Å². The summed E-state index contributed by atoms with van der Waals surface area (Å²) in [6.07, 6.45) is 2.56. The van der Waals surface area contributed by atoms with Crippen molar-refractivity contribution in [3.63, 3.8) is 0 Å². The molecule has 0 aliphatic heterocycles. The first kappa shape index (κ1) is 20.0. The molecular formula is C17H12ClN3O5S. The first-order valence-corrected chi connectivity index (χ1v) is 8.12. The number of carboxylic acids is 1. The van der Waals surface area contributed by atoms with E-state index in [2.05, 4.69) is 10.6 Å². The van der Waals surface area contributed by atoms with E-state index in [0.717, 1.165) is 6.08 Å². The number of nitrogens with zero attached hydrogens (tertiary/aromatic N) is 1. The number of nitrogens with one attached hydrogen (secondary N) is 2. The van der Waals surface area contributed by atoms with Crippen LogP contribution in [0.1, 0.15) is 15.9 Å². The predicted octanol–water partition coefficient (Wildman–Crippen LogP) is 3.47. The summed E-state index contributed by atoms with van der Waals surface area (Å²) in [6.45, 7) is 0. The first-order chi connectivity index (χ1) is 12.8. The van der Waals surface area contributed by atoms with Gasteiger partial charge < -0.3 is 10.4 Å². The fraction of sp³-hybridized carbons (Fsp3) is 0. The molecule has 10 heteroatoms. The molecule has 138 valence electrons. The molecule has 2 aromatic carbocycles. The van der Waals surface area contributed by atoms with E-state index in [9.17, 15) is 19.7 Å². The maximum absolute atomic E-state index is 11.9. The van der Waals surface area contributed by atoms with Crippen molar-refractivity contribution in [1.82, 2.24) is 5.32 Å². The van der Waals surface area contributed by atoms with Crippen molar-refractivity contribution in [3.05, 3.63) is 74.8 Å². The number of carbonyl (C=O) groups is 2. The highest BCUT2D eigenvalue weighted by Gasteiger charge is 2.10. The molecule has 27 heavy (non-hydrogen) atoms. The lowest BCUT2D eigenvalue weighted by atomic mass is 10.2. The third-order valence-electron chi connectivity index (χ3n) is 3.20. The van der Waals surface area contributed by atoms with E-state index in [4.69, 9.17) is 28.9 Å². The summed E-state index contributed by atoms with van der Waals surface area (Å²) < 4.78 is 0. The number of nitro benzene ring substituents is 1. The number of rotatable bonds is 5. The number of carboxylic acid groups (broad SMARTS) is 1. The molecule has 0 spiro atoms. The number of thiocarbonyl (C=S) groups is 1. The van der Waals surface area contributed by atoms with Crippen LogP contribution in [-0.4, -0.2) is 27.0 Å². The minimum absolute atomic E-state index is 0.0534. The average molecular weight is 406 g/mol. The van der Waals surface area contributed by atoms with E-state index in [-0.39, 0.29) is 21.4 Å². The molecule has 1 amide bonds. The Morgan fingerprint density at radius 1 is 1.22 bits per heavy atom. The largest absolute Gasteiger partial charge is 0.478 e. The number of hydrogen-bond acceptors (Lipinski definition) is 5. The maximum atomic E-state index is 11.9. The Hall–Kier alpha value is -3.30. The van der Waals surface area contributed by atoms with Crippen molar-refractivity contribution in [3.8, 4) is 0 Å². The Bertz CT molecular complexity index is 961. The number of non-ortho nitro benzene ring substituents is 1. The van der Waals surface area contributed by atoms with E-state index in [0.29, 0.717) is 11.3 Å². The van der Waals surface area contributed by atoms with Gasteiger partial charge >= 0.3 is 5.97 Å². The fourth-order valence-electron chi connectivity index (χ4n) is 2.00. The van der Waals surface area contributed by atoms with Crippen LogP contribution in [0.5, 0.6) is 0 Å². The number of amides is 1. The van der Waals surface area contributed by atoms with Gasteiger partial charge in [0.2, 0.25) is 5.91 Å². The first-order valence-electron chi connectivity index (χ1n) is 7.33. The molecule has 0 saturated carbocycles. The molecule has 2 aromatic rings. The highest BCUT2D eigenvalue weighted by molar-refractivity contribution is 7.80. The number of nitro groups is 1. The lowest BCUT2D eigenvalue weighted by Crippen LogP contribution is -2.32. The molecule has 3 N–H and O–H groups in total. The molecule has 0 radical (unpaired) electrons. The number of aromatic carboxylic acids is 1. The second kappa shape index (κ2) is 8.88. The van der Waals surface area contributed by atoms with Crippen molar-refractivity contribution in [2.45, 2.75) is 0 Å². The van der Waals surface area contributed by atoms with Gasteiger partial charge in [-0.05, 0) is 42.1 Å². The zero-order valence-electron chi connectivity index (χ0n) is 13.5. The zero-order chi connectivity index (χ0) is 20.0. The Labute approximate surface area is 163 Å². The normalized spacial score (nSPS) is 10.4. The van der Waals surface area contributed by atoms with Gasteiger partial charge in [-0.3, -0.25) is 20.2 Å². The average Bonchev–Trinajstić information content (AvgIpc) is 2.61. The lowest BCUT2D eigenvalue weighted by molar-refractivity contribution is -0.384. The van der Waals surface area contributed by atoms with Crippen LogP contribution in [0.15, 0.2) is 48.5 Å². The topological polar surface area (TPSA) is 122 Å². The lowest BCUT2D eigenvalue weighted by Gasteiger charge is -2.09. The van der Waals surface area contributed by atoms with Crippen LogP contribution in [0.3, 0.4) is 0 Å². The van der Waals surface area contributed by atoms with Crippen LogP contribution in [0.4, 0.5) is 11.4 Å². The Balaban J connectivity index is 1.99. The number of anilines is 1. The zero-order valence-corrected chi connectivity index (χ0v) is 15.1. The smallest absolute Gasteiger partial charge is 0.337 e. The van der Waals surface area contributed by atoms with Crippen LogP contribution in [-0.2, 0) is 4.79 Å². The molecule has 0 unspecified atom stereocenters. The van der Waals surface area contributed by atoms with Gasteiger partial charge in [0.25, 0.3) is 5.69 Å². The van der Waals surface area contributed by atoms with Crippen molar-refractivity contribution in [2.24, 2.45) is 0 Å². The second-order valence-corrected chi connectivity index (χ2v) is 5.94. The summed E-state index contributed by atoms with van der Waals surface area (Å²) in [4.78, 5) is 33.1. The van der Waals surface area contributed by atoms with Crippen molar-refractivity contribution >= 4 is 58.3 Å². The SMILES string of the molecule is O=C(/C=C/c1cccc([N+](=O)[O-])c1)NC(=S)Nc1ccc(Cl)c(C(=O)O)c1. The van der Waals surface area contributed by atoms with E-state index in [1.807, 2.05) is 0 Å². The number of hydrogen-bond donors (Lipinski definition) is 3. The third kappa shape index (κ3) is 5.87. The standard InChI is InChI=1S/C17H12ClN3O5S/c18-14-6-5-11(9-13(14)16(23)24)19-17(27)20-15(22)7-4-10-2-1-3-12(8-10)21(25)26/h1-9H,(H,23,24)(H2,19,20,22,27)/b7-4+. The fourth-order valence-corrected chi connectivity index (χ4v) is 2.41. The summed E-state index contributed by atoms with van der Waals surface area (Å²) in [5.41, 5.74) is 0.611. The van der Waals surface area contributed by atoms with Crippen molar-refractivity contribution in [1.29, 1.82) is 0 Å². The summed E-state index contributed by atoms with van der Waals surface area (Å²) in [5.74, 6) is -1.76. The van der Waals surface area contributed by atoms with Gasteiger partial charge in [0, 0.05) is 23.9 Å². The summed E-state index contributed by atoms with van der Waals surface area (Å²) in [5, 5.41) is 24.8. The minimum atomic E-state index is -1.20. The van der Waals surface area contributed by atoms with Crippen LogP contribution < -0.4 is 10.6 Å². The minimum Gasteiger partial charge on any atom is -0.478 e. The molecule has 8 nitrogen and oxygen atoms in total. The predicted molar refractivity (Wildman–Crippen MR) is 105 cm³/mol. The van der Waals surface area contributed by atoms with Gasteiger partial charge in [-0.1, -0.05) is 23.7 Å². The van der Waals surface area contributed by atoms with Gasteiger partial charge in [0.1, 0.15) is 0 Å². The van der Waals surface area contributed by atoms with Crippen LogP contribution >= 0.6 is 23.8 Å². The number of carbonyl (C=O) groups excluding carboxylic acids is 1. The maximum Gasteiger partial charge on any atom is 0.337 e. The van der Waals surface area contributed by atoms with Crippen LogP contribution in [0.25, 0.3) is 6.08 Å². The van der Waals surface area contributed by atoms with E-state index >= 15 is 0 Å². The molecule has 0 atom stereocenters. The molecule has 0 bridgehead atoms. The Morgan fingerprint density at radius 2 is 1.96 bits per heavy atom. The van der Waals surface area contributed by atoms with Crippen molar-refractivity contribution in [2.75, 3.05) is 5.32 Å². The molecule has 2 rings (SSSR count). The summed E-state index contributed by atoms with van der Waals surface area (Å²) in [6, 6.07) is 9.95. The Kier molecular flexibility index (Phi) is 6.58. The van der Waals surface area contributed by atoms with Crippen molar-refractivity contribution < 1.29 is 19.6 Å². The molecule has 0 aliphatic rings. The highest BCUT2D eigenvalue weighted by atomic mass is 35.5. The van der Waals surface area contributed by atoms with Gasteiger partial charge in [0.05, 0.1) is 15.5 Å². The molecular weight excluding hydrogens is 394 g/mol. The van der Waals surface area contributed by atoms with Crippen LogP contribution in [0.2, 0.25) is 5.02 Å². The molecule has 0 aliphatic carbocycles. The third-order valence-corrected chi connectivity index (χ3v) is 3.73. The quantitative estimate of drug-likeness (QED) is 0.301. The summed E-state index contributed by atoms with van der Waals surface area (Å²) in [7, 11) is 0. The van der Waals surface area contributed by atoms with E-state index in [1.165, 1.54) is 42.5 Å². The Morgan fingerprint density at radius 3 is 2.63 bits per heavy atom. The monoisotopic (exact) mass is 405 g/mol. The molecule has 0 saturated heterocycles. The molecule has 0 fully saturated rings. The number of halogens is 1. The highest BCUT2D eigenvalue weighted by Crippen LogP contribution is 2.20. The molecule has 0 aromatic heterocycles. The van der Waals surface area contributed by atoms with Gasteiger partial charge in [-0.15, -0.1) is 0 Å². The van der Waals surface area contributed by atoms with Crippen LogP contribution in [0, 0.1) is 10.1 Å². The second-order valence-electron chi connectivity index (χ2n) is 5.13.